The van der Waals surface area contributed by atoms with E-state index in [1.807, 2.05) is 12.1 Å². The maximum Gasteiger partial charge on any atom is 0.251 e. The average Bonchev–Trinajstić information content (AvgIpc) is 3.15. The molecule has 0 aliphatic heterocycles. The first-order valence-electron chi connectivity index (χ1n) is 8.47. The van der Waals surface area contributed by atoms with E-state index in [-0.39, 0.29) is 5.91 Å². The summed E-state index contributed by atoms with van der Waals surface area (Å²) in [4.78, 5) is 12.1. The lowest BCUT2D eigenvalue weighted by Crippen LogP contribution is -2.31. The molecule has 2 atom stereocenters. The van der Waals surface area contributed by atoms with Crippen LogP contribution in [0.25, 0.3) is 5.69 Å². The third-order valence-corrected chi connectivity index (χ3v) is 4.50. The summed E-state index contributed by atoms with van der Waals surface area (Å²) in [5.41, 5.74) is 1.42. The van der Waals surface area contributed by atoms with Crippen LogP contribution in [-0.4, -0.2) is 45.4 Å². The van der Waals surface area contributed by atoms with E-state index in [0.717, 1.165) is 12.1 Å². The van der Waals surface area contributed by atoms with Crippen molar-refractivity contribution >= 4 is 5.91 Å². The van der Waals surface area contributed by atoms with E-state index in [4.69, 9.17) is 4.74 Å². The van der Waals surface area contributed by atoms with Crippen LogP contribution in [0, 0.1) is 5.92 Å². The van der Waals surface area contributed by atoms with Crippen molar-refractivity contribution in [3.05, 3.63) is 36.2 Å². The molecule has 1 aromatic carbocycles. The van der Waals surface area contributed by atoms with E-state index >= 15 is 0 Å². The molecule has 1 fully saturated rings. The molecule has 2 aromatic rings. The third kappa shape index (κ3) is 4.17. The molecule has 1 aliphatic carbocycles. The first-order valence-corrected chi connectivity index (χ1v) is 8.47. The van der Waals surface area contributed by atoms with Crippen molar-refractivity contribution < 1.29 is 9.53 Å². The van der Waals surface area contributed by atoms with E-state index < -0.39 is 0 Å². The number of amides is 1. The summed E-state index contributed by atoms with van der Waals surface area (Å²) in [5, 5.41) is 13.9. The van der Waals surface area contributed by atoms with Gasteiger partial charge in [-0.15, -0.1) is 5.10 Å². The second kappa shape index (κ2) is 8.01. The van der Waals surface area contributed by atoms with Crippen LogP contribution in [0.3, 0.4) is 0 Å². The van der Waals surface area contributed by atoms with Gasteiger partial charge in [0.15, 0.2) is 0 Å². The number of aromatic nitrogens is 4. The molecule has 24 heavy (non-hydrogen) atoms. The maximum atomic E-state index is 12.1. The van der Waals surface area contributed by atoms with Crippen LogP contribution >= 0.6 is 0 Å². The smallest absolute Gasteiger partial charge is 0.251 e. The number of benzene rings is 1. The normalized spacial score (nSPS) is 20.7. The molecular weight excluding hydrogens is 306 g/mol. The molecule has 2 unspecified atom stereocenters. The van der Waals surface area contributed by atoms with Crippen molar-refractivity contribution in [1.29, 1.82) is 0 Å². The number of carbonyl (C=O) groups excluding carboxylic acids is 1. The highest BCUT2D eigenvalue weighted by atomic mass is 16.5. The predicted octanol–water partition coefficient (Wildman–Crippen LogP) is 1.99. The average molecular weight is 329 g/mol. The van der Waals surface area contributed by atoms with Crippen LogP contribution in [0.5, 0.6) is 0 Å². The van der Waals surface area contributed by atoms with Gasteiger partial charge in [-0.2, -0.15) is 0 Å². The number of tetrazole rings is 1. The Hall–Kier alpha value is -2.28. The molecule has 3 rings (SSSR count). The summed E-state index contributed by atoms with van der Waals surface area (Å²) in [6.45, 7) is 3.33. The standard InChI is InChI=1S/C17H23N5O2/c1-13-4-2-3-5-16(13)24-11-10-18-17(23)14-6-8-15(9-7-14)22-12-19-20-21-22/h6-9,12-13,16H,2-5,10-11H2,1H3,(H,18,23). The van der Waals surface area contributed by atoms with Gasteiger partial charge in [-0.05, 0) is 53.5 Å². The van der Waals surface area contributed by atoms with Gasteiger partial charge in [0.25, 0.3) is 5.91 Å². The lowest BCUT2D eigenvalue weighted by Gasteiger charge is -2.28. The zero-order valence-corrected chi connectivity index (χ0v) is 13.9. The van der Waals surface area contributed by atoms with Gasteiger partial charge < -0.3 is 10.1 Å². The molecule has 1 amide bonds. The number of hydrogen-bond acceptors (Lipinski definition) is 5. The lowest BCUT2D eigenvalue weighted by atomic mass is 9.88. The fourth-order valence-electron chi connectivity index (χ4n) is 3.05. The molecule has 0 spiro atoms. The summed E-state index contributed by atoms with van der Waals surface area (Å²) in [6.07, 6.45) is 6.77. The van der Waals surface area contributed by atoms with Crippen LogP contribution in [-0.2, 0) is 4.74 Å². The number of hydrogen-bond donors (Lipinski definition) is 1. The topological polar surface area (TPSA) is 81.9 Å². The van der Waals surface area contributed by atoms with Crippen molar-refractivity contribution in [3.8, 4) is 5.69 Å². The summed E-state index contributed by atoms with van der Waals surface area (Å²) in [6, 6.07) is 7.14. The zero-order valence-electron chi connectivity index (χ0n) is 13.9. The van der Waals surface area contributed by atoms with Gasteiger partial charge >= 0.3 is 0 Å². The number of rotatable bonds is 6. The fraction of sp³-hybridized carbons (Fsp3) is 0.529. The molecule has 0 bridgehead atoms. The molecule has 7 nitrogen and oxygen atoms in total. The SMILES string of the molecule is CC1CCCCC1OCCNC(=O)c1ccc(-n2cnnn2)cc1. The van der Waals surface area contributed by atoms with Gasteiger partial charge in [0.1, 0.15) is 6.33 Å². The Kier molecular flexibility index (Phi) is 5.53. The van der Waals surface area contributed by atoms with E-state index in [1.54, 1.807) is 16.8 Å². The first kappa shape index (κ1) is 16.6. The van der Waals surface area contributed by atoms with Crippen LogP contribution in [0.1, 0.15) is 43.0 Å². The second-order valence-electron chi connectivity index (χ2n) is 6.23. The summed E-state index contributed by atoms with van der Waals surface area (Å²) < 4.78 is 7.45. The van der Waals surface area contributed by atoms with Crippen LogP contribution in [0.2, 0.25) is 0 Å². The summed E-state index contributed by atoms with van der Waals surface area (Å²) in [5.74, 6) is 0.520. The molecule has 1 aliphatic rings. The van der Waals surface area contributed by atoms with Crippen LogP contribution in [0.15, 0.2) is 30.6 Å². The highest BCUT2D eigenvalue weighted by molar-refractivity contribution is 5.94. The van der Waals surface area contributed by atoms with Gasteiger partial charge in [0.05, 0.1) is 18.4 Å². The number of carbonyl (C=O) groups is 1. The lowest BCUT2D eigenvalue weighted by molar-refractivity contribution is -0.00293. The minimum absolute atomic E-state index is 0.0986. The maximum absolute atomic E-state index is 12.1. The van der Waals surface area contributed by atoms with Gasteiger partial charge in [-0.1, -0.05) is 19.8 Å². The predicted molar refractivity (Wildman–Crippen MR) is 88.9 cm³/mol. The highest BCUT2D eigenvalue weighted by Crippen LogP contribution is 2.25. The number of nitrogens with zero attached hydrogens (tertiary/aromatic N) is 4. The van der Waals surface area contributed by atoms with Crippen molar-refractivity contribution in [2.45, 2.75) is 38.7 Å². The third-order valence-electron chi connectivity index (χ3n) is 4.50. The van der Waals surface area contributed by atoms with Gasteiger partial charge in [0.2, 0.25) is 0 Å². The summed E-state index contributed by atoms with van der Waals surface area (Å²) >= 11 is 0. The monoisotopic (exact) mass is 329 g/mol. The molecule has 1 aromatic heterocycles. The molecule has 7 heteroatoms. The molecular formula is C17H23N5O2. The Morgan fingerprint density at radius 1 is 1.29 bits per heavy atom. The highest BCUT2D eigenvalue weighted by Gasteiger charge is 2.21. The molecule has 1 heterocycles. The molecule has 128 valence electrons. The van der Waals surface area contributed by atoms with Gasteiger partial charge in [-0.25, -0.2) is 4.68 Å². The molecule has 0 radical (unpaired) electrons. The van der Waals surface area contributed by atoms with Crippen molar-refractivity contribution in [2.75, 3.05) is 13.2 Å². The Labute approximate surface area is 141 Å². The Morgan fingerprint density at radius 2 is 2.08 bits per heavy atom. The van der Waals surface area contributed by atoms with Crippen molar-refractivity contribution in [1.82, 2.24) is 25.5 Å². The van der Waals surface area contributed by atoms with Crippen LogP contribution in [0.4, 0.5) is 0 Å². The van der Waals surface area contributed by atoms with Gasteiger partial charge in [0, 0.05) is 12.1 Å². The van der Waals surface area contributed by atoms with Crippen molar-refractivity contribution in [2.24, 2.45) is 5.92 Å². The summed E-state index contributed by atoms with van der Waals surface area (Å²) in [7, 11) is 0. The van der Waals surface area contributed by atoms with E-state index in [9.17, 15) is 4.79 Å². The van der Waals surface area contributed by atoms with E-state index in [2.05, 4.69) is 27.8 Å². The molecule has 1 N–H and O–H groups in total. The quantitative estimate of drug-likeness (QED) is 0.820. The minimum atomic E-state index is -0.0986. The Morgan fingerprint density at radius 3 is 2.79 bits per heavy atom. The van der Waals surface area contributed by atoms with E-state index in [1.165, 1.54) is 25.6 Å². The van der Waals surface area contributed by atoms with Gasteiger partial charge in [-0.3, -0.25) is 4.79 Å². The second-order valence-corrected chi connectivity index (χ2v) is 6.23. The largest absolute Gasteiger partial charge is 0.376 e. The Bertz CT molecular complexity index is 642. The minimum Gasteiger partial charge on any atom is -0.376 e. The zero-order chi connectivity index (χ0) is 16.8. The fourth-order valence-corrected chi connectivity index (χ4v) is 3.05. The number of ether oxygens (including phenoxy) is 1. The first-order chi connectivity index (χ1) is 11.7. The van der Waals surface area contributed by atoms with Crippen molar-refractivity contribution in [3.63, 3.8) is 0 Å². The molecule has 1 saturated carbocycles. The van der Waals surface area contributed by atoms with Crippen LogP contribution < -0.4 is 5.32 Å². The van der Waals surface area contributed by atoms with E-state index in [0.29, 0.717) is 30.7 Å². The Balaban J connectivity index is 1.43. The number of nitrogens with one attached hydrogen (secondary N) is 1. The molecule has 0 saturated heterocycles.